The lowest BCUT2D eigenvalue weighted by molar-refractivity contribution is -0.121. The van der Waals surface area contributed by atoms with Crippen molar-refractivity contribution in [2.24, 2.45) is 5.92 Å². The monoisotopic (exact) mass is 259 g/mol. The fourth-order valence-corrected chi connectivity index (χ4v) is 1.63. The molecule has 19 heavy (non-hydrogen) atoms. The summed E-state index contributed by atoms with van der Waals surface area (Å²) < 4.78 is 1.64. The van der Waals surface area contributed by atoms with E-state index in [1.165, 1.54) is 0 Å². The van der Waals surface area contributed by atoms with Gasteiger partial charge < -0.3 is 5.32 Å². The summed E-state index contributed by atoms with van der Waals surface area (Å²) in [6, 6.07) is 3.73. The molecule has 0 spiro atoms. The Balaban J connectivity index is 1.93. The van der Waals surface area contributed by atoms with Gasteiger partial charge in [-0.05, 0) is 18.1 Å². The van der Waals surface area contributed by atoms with Crippen molar-refractivity contribution >= 4 is 5.91 Å². The van der Waals surface area contributed by atoms with E-state index in [0.717, 1.165) is 11.4 Å². The van der Waals surface area contributed by atoms with Crippen LogP contribution >= 0.6 is 0 Å². The highest BCUT2D eigenvalue weighted by molar-refractivity contribution is 5.75. The largest absolute Gasteiger partial charge is 0.350 e. The Morgan fingerprint density at radius 3 is 3.00 bits per heavy atom. The van der Waals surface area contributed by atoms with Gasteiger partial charge in [0.05, 0.1) is 24.6 Å². The molecule has 0 atom stereocenters. The van der Waals surface area contributed by atoms with E-state index in [0.29, 0.717) is 18.9 Å². The van der Waals surface area contributed by atoms with Crippen molar-refractivity contribution in [2.45, 2.75) is 26.8 Å². The predicted octanol–water partition coefficient (Wildman–Crippen LogP) is 1.32. The molecule has 0 fully saturated rings. The fraction of sp³-hybridized carbons (Fsp3) is 0.385. The van der Waals surface area contributed by atoms with E-state index in [1.807, 2.05) is 26.0 Å². The lowest BCUT2D eigenvalue weighted by atomic mass is 10.1. The first-order valence-electron chi connectivity index (χ1n) is 6.23. The number of hydrogen-bond acceptors (Lipinski definition) is 4. The van der Waals surface area contributed by atoms with Gasteiger partial charge in [-0.1, -0.05) is 19.1 Å². The zero-order valence-corrected chi connectivity index (χ0v) is 11.1. The summed E-state index contributed by atoms with van der Waals surface area (Å²) in [6.45, 7) is 4.42. The second-order valence-corrected chi connectivity index (χ2v) is 4.74. The smallest absolute Gasteiger partial charge is 0.220 e. The van der Waals surface area contributed by atoms with Gasteiger partial charge in [-0.25, -0.2) is 4.68 Å². The normalized spacial score (nSPS) is 10.7. The SMILES string of the molecule is CC(C)CC(=O)NCc1cn(-c2cccnc2)nn1. The third-order valence-electron chi connectivity index (χ3n) is 2.51. The van der Waals surface area contributed by atoms with Crippen molar-refractivity contribution in [2.75, 3.05) is 0 Å². The van der Waals surface area contributed by atoms with E-state index < -0.39 is 0 Å². The zero-order chi connectivity index (χ0) is 13.7. The number of nitrogens with one attached hydrogen (secondary N) is 1. The maximum Gasteiger partial charge on any atom is 0.220 e. The number of amides is 1. The molecule has 1 N–H and O–H groups in total. The zero-order valence-electron chi connectivity index (χ0n) is 11.1. The van der Waals surface area contributed by atoms with Gasteiger partial charge >= 0.3 is 0 Å². The fourth-order valence-electron chi connectivity index (χ4n) is 1.63. The Bertz CT molecular complexity index is 535. The van der Waals surface area contributed by atoms with Crippen LogP contribution in [0.4, 0.5) is 0 Å². The summed E-state index contributed by atoms with van der Waals surface area (Å²) in [7, 11) is 0. The highest BCUT2D eigenvalue weighted by Crippen LogP contribution is 2.04. The lowest BCUT2D eigenvalue weighted by Gasteiger charge is -2.04. The minimum absolute atomic E-state index is 0.0333. The molecular formula is C13H17N5O. The van der Waals surface area contributed by atoms with Gasteiger partial charge in [-0.2, -0.15) is 0 Å². The highest BCUT2D eigenvalue weighted by atomic mass is 16.1. The van der Waals surface area contributed by atoms with Crippen LogP contribution in [-0.2, 0) is 11.3 Å². The third-order valence-corrected chi connectivity index (χ3v) is 2.51. The Hall–Kier alpha value is -2.24. The second-order valence-electron chi connectivity index (χ2n) is 4.74. The molecule has 0 radical (unpaired) electrons. The quantitative estimate of drug-likeness (QED) is 0.879. The first kappa shape index (κ1) is 13.2. The number of hydrogen-bond donors (Lipinski definition) is 1. The molecule has 2 aromatic rings. The van der Waals surface area contributed by atoms with E-state index in [1.54, 1.807) is 23.3 Å². The Morgan fingerprint density at radius 2 is 2.32 bits per heavy atom. The predicted molar refractivity (Wildman–Crippen MR) is 70.5 cm³/mol. The number of rotatable bonds is 5. The van der Waals surface area contributed by atoms with Crippen molar-refractivity contribution in [1.82, 2.24) is 25.3 Å². The molecule has 2 rings (SSSR count). The van der Waals surface area contributed by atoms with Gasteiger partial charge in [-0.3, -0.25) is 9.78 Å². The lowest BCUT2D eigenvalue weighted by Crippen LogP contribution is -2.24. The molecule has 0 saturated carbocycles. The first-order chi connectivity index (χ1) is 9.15. The summed E-state index contributed by atoms with van der Waals surface area (Å²) in [5.74, 6) is 0.386. The summed E-state index contributed by atoms with van der Waals surface area (Å²) in [6.07, 6.45) is 5.71. The van der Waals surface area contributed by atoms with E-state index in [-0.39, 0.29) is 5.91 Å². The summed E-state index contributed by atoms with van der Waals surface area (Å²) in [5.41, 5.74) is 1.57. The molecular weight excluding hydrogens is 242 g/mol. The number of aromatic nitrogens is 4. The van der Waals surface area contributed by atoms with Crippen molar-refractivity contribution in [1.29, 1.82) is 0 Å². The molecule has 2 heterocycles. The average Bonchev–Trinajstić information content (AvgIpc) is 2.85. The molecule has 0 aromatic carbocycles. The van der Waals surface area contributed by atoms with Gasteiger partial charge in [0, 0.05) is 12.6 Å². The number of carbonyl (C=O) groups excluding carboxylic acids is 1. The van der Waals surface area contributed by atoms with Crippen LogP contribution in [0.2, 0.25) is 0 Å². The topological polar surface area (TPSA) is 72.7 Å². The van der Waals surface area contributed by atoms with Crippen LogP contribution in [0.3, 0.4) is 0 Å². The molecule has 2 aromatic heterocycles. The van der Waals surface area contributed by atoms with Crippen LogP contribution in [0.15, 0.2) is 30.7 Å². The molecule has 0 bridgehead atoms. The van der Waals surface area contributed by atoms with Crippen molar-refractivity contribution in [3.63, 3.8) is 0 Å². The van der Waals surface area contributed by atoms with Crippen molar-refractivity contribution in [3.8, 4) is 5.69 Å². The first-order valence-corrected chi connectivity index (χ1v) is 6.23. The van der Waals surface area contributed by atoms with E-state index >= 15 is 0 Å². The van der Waals surface area contributed by atoms with E-state index in [9.17, 15) is 4.79 Å². The summed E-state index contributed by atoms with van der Waals surface area (Å²) in [5, 5.41) is 10.8. The second kappa shape index (κ2) is 6.08. The molecule has 0 aliphatic rings. The van der Waals surface area contributed by atoms with Crippen LogP contribution < -0.4 is 5.32 Å². The van der Waals surface area contributed by atoms with Crippen LogP contribution in [0.1, 0.15) is 26.0 Å². The van der Waals surface area contributed by atoms with Crippen LogP contribution in [0, 0.1) is 5.92 Å². The average molecular weight is 259 g/mol. The number of pyridine rings is 1. The molecule has 1 amide bonds. The van der Waals surface area contributed by atoms with Gasteiger partial charge in [0.25, 0.3) is 0 Å². The molecule has 0 aliphatic heterocycles. The number of nitrogens with zero attached hydrogens (tertiary/aromatic N) is 4. The molecule has 100 valence electrons. The minimum Gasteiger partial charge on any atom is -0.350 e. The maximum atomic E-state index is 11.5. The molecule has 0 saturated heterocycles. The maximum absolute atomic E-state index is 11.5. The summed E-state index contributed by atoms with van der Waals surface area (Å²) in [4.78, 5) is 15.5. The van der Waals surface area contributed by atoms with Crippen molar-refractivity contribution in [3.05, 3.63) is 36.4 Å². The minimum atomic E-state index is 0.0333. The van der Waals surface area contributed by atoms with Crippen molar-refractivity contribution < 1.29 is 4.79 Å². The Kier molecular flexibility index (Phi) is 4.22. The summed E-state index contributed by atoms with van der Waals surface area (Å²) >= 11 is 0. The van der Waals surface area contributed by atoms with E-state index in [4.69, 9.17) is 0 Å². The van der Waals surface area contributed by atoms with Gasteiger partial charge in [-0.15, -0.1) is 5.10 Å². The van der Waals surface area contributed by atoms with Gasteiger partial charge in [0.1, 0.15) is 5.69 Å². The van der Waals surface area contributed by atoms with E-state index in [2.05, 4.69) is 20.6 Å². The molecule has 0 unspecified atom stereocenters. The van der Waals surface area contributed by atoms with Crippen LogP contribution in [0.25, 0.3) is 5.69 Å². The Labute approximate surface area is 111 Å². The van der Waals surface area contributed by atoms with Gasteiger partial charge in [0.2, 0.25) is 5.91 Å². The third kappa shape index (κ3) is 3.87. The van der Waals surface area contributed by atoms with Crippen LogP contribution in [0.5, 0.6) is 0 Å². The molecule has 0 aliphatic carbocycles. The van der Waals surface area contributed by atoms with Crippen LogP contribution in [-0.4, -0.2) is 25.9 Å². The highest BCUT2D eigenvalue weighted by Gasteiger charge is 2.07. The standard InChI is InChI=1S/C13H17N5O/c1-10(2)6-13(19)15-7-11-9-18(17-16-11)12-4-3-5-14-8-12/h3-5,8-10H,6-7H2,1-2H3,(H,15,19). The molecule has 6 nitrogen and oxygen atoms in total. The van der Waals surface area contributed by atoms with Gasteiger partial charge in [0.15, 0.2) is 0 Å². The number of carbonyl (C=O) groups is 1. The Morgan fingerprint density at radius 1 is 1.47 bits per heavy atom. The molecule has 6 heteroatoms.